The van der Waals surface area contributed by atoms with Crippen LogP contribution in [0.4, 0.5) is 0 Å². The molecular formula is C12H16N2OS2. The van der Waals surface area contributed by atoms with E-state index in [0.717, 1.165) is 36.7 Å². The molecule has 1 saturated heterocycles. The lowest BCUT2D eigenvalue weighted by atomic mass is 10.1. The van der Waals surface area contributed by atoms with Crippen LogP contribution < -0.4 is 5.73 Å². The standard InChI is InChI=1S/C12H16N2OS2/c13-12(16)11-3-1-10(2-4-11)9-14-5-7-17(15)8-6-14/h1-4H,5-9H2,(H2,13,16). The zero-order valence-corrected chi connectivity index (χ0v) is 11.2. The molecule has 0 radical (unpaired) electrons. The molecule has 17 heavy (non-hydrogen) atoms. The van der Waals surface area contributed by atoms with Crippen LogP contribution in [0, 0.1) is 0 Å². The van der Waals surface area contributed by atoms with Crippen LogP contribution in [0.15, 0.2) is 24.3 Å². The Bertz CT molecular complexity index is 421. The molecule has 2 N–H and O–H groups in total. The summed E-state index contributed by atoms with van der Waals surface area (Å²) in [6, 6.07) is 8.03. The van der Waals surface area contributed by atoms with Crippen molar-refractivity contribution in [2.45, 2.75) is 6.54 Å². The first-order valence-corrected chi connectivity index (χ1v) is 7.51. The van der Waals surface area contributed by atoms with Crippen LogP contribution in [-0.2, 0) is 17.3 Å². The van der Waals surface area contributed by atoms with E-state index in [-0.39, 0.29) is 0 Å². The van der Waals surface area contributed by atoms with E-state index in [9.17, 15) is 4.21 Å². The fraction of sp³-hybridized carbons (Fsp3) is 0.417. The number of hydrogen-bond donors (Lipinski definition) is 1. The van der Waals surface area contributed by atoms with Gasteiger partial charge in [0.15, 0.2) is 0 Å². The van der Waals surface area contributed by atoms with Crippen molar-refractivity contribution in [3.05, 3.63) is 35.4 Å². The molecule has 1 aromatic carbocycles. The highest BCUT2D eigenvalue weighted by Gasteiger charge is 2.14. The molecule has 92 valence electrons. The highest BCUT2D eigenvalue weighted by atomic mass is 32.2. The largest absolute Gasteiger partial charge is 0.389 e. The molecule has 5 heteroatoms. The predicted molar refractivity (Wildman–Crippen MR) is 75.5 cm³/mol. The van der Waals surface area contributed by atoms with Crippen molar-refractivity contribution in [2.24, 2.45) is 5.73 Å². The van der Waals surface area contributed by atoms with Gasteiger partial charge in [0.25, 0.3) is 0 Å². The number of thiocarbonyl (C=S) groups is 1. The monoisotopic (exact) mass is 268 g/mol. The molecule has 1 aromatic rings. The summed E-state index contributed by atoms with van der Waals surface area (Å²) in [5.41, 5.74) is 7.70. The highest BCUT2D eigenvalue weighted by molar-refractivity contribution is 7.85. The summed E-state index contributed by atoms with van der Waals surface area (Å²) >= 11 is 4.91. The van der Waals surface area contributed by atoms with E-state index in [0.29, 0.717) is 4.99 Å². The second-order valence-electron chi connectivity index (χ2n) is 4.19. The molecule has 0 unspecified atom stereocenters. The zero-order valence-electron chi connectivity index (χ0n) is 9.59. The van der Waals surface area contributed by atoms with Crippen molar-refractivity contribution >= 4 is 28.0 Å². The van der Waals surface area contributed by atoms with Crippen LogP contribution in [0.2, 0.25) is 0 Å². The Balaban J connectivity index is 1.95. The van der Waals surface area contributed by atoms with Crippen LogP contribution in [0.5, 0.6) is 0 Å². The molecule has 1 aliphatic heterocycles. The van der Waals surface area contributed by atoms with E-state index in [1.54, 1.807) is 0 Å². The summed E-state index contributed by atoms with van der Waals surface area (Å²) in [6.07, 6.45) is 0. The summed E-state index contributed by atoms with van der Waals surface area (Å²) in [5.74, 6) is 1.59. The molecule has 0 saturated carbocycles. The van der Waals surface area contributed by atoms with Gasteiger partial charge in [-0.05, 0) is 5.56 Å². The zero-order chi connectivity index (χ0) is 12.3. The summed E-state index contributed by atoms with van der Waals surface area (Å²) in [4.78, 5) is 2.77. The lowest BCUT2D eigenvalue weighted by Crippen LogP contribution is -2.37. The van der Waals surface area contributed by atoms with E-state index >= 15 is 0 Å². The van der Waals surface area contributed by atoms with Gasteiger partial charge in [-0.25, -0.2) is 0 Å². The second kappa shape index (κ2) is 5.71. The first-order valence-electron chi connectivity index (χ1n) is 5.61. The Kier molecular flexibility index (Phi) is 4.25. The van der Waals surface area contributed by atoms with Crippen LogP contribution in [0.1, 0.15) is 11.1 Å². The SMILES string of the molecule is NC(=S)c1ccc(CN2CCS(=O)CC2)cc1. The molecule has 1 aliphatic rings. The Morgan fingerprint density at radius 3 is 2.41 bits per heavy atom. The van der Waals surface area contributed by atoms with Gasteiger partial charge in [0.1, 0.15) is 4.99 Å². The maximum atomic E-state index is 11.2. The quantitative estimate of drug-likeness (QED) is 0.827. The molecule has 0 aliphatic carbocycles. The maximum Gasteiger partial charge on any atom is 0.103 e. The van der Waals surface area contributed by atoms with E-state index in [1.165, 1.54) is 5.56 Å². The molecule has 0 aromatic heterocycles. The minimum atomic E-state index is -0.604. The van der Waals surface area contributed by atoms with E-state index in [2.05, 4.69) is 17.0 Å². The van der Waals surface area contributed by atoms with Gasteiger partial charge in [0, 0.05) is 47.5 Å². The minimum Gasteiger partial charge on any atom is -0.389 e. The van der Waals surface area contributed by atoms with Crippen LogP contribution >= 0.6 is 12.2 Å². The third kappa shape index (κ3) is 3.59. The molecule has 1 fully saturated rings. The number of benzene rings is 1. The van der Waals surface area contributed by atoms with Gasteiger partial charge in [0.2, 0.25) is 0 Å². The summed E-state index contributed by atoms with van der Waals surface area (Å²) in [5, 5.41) is 0. The van der Waals surface area contributed by atoms with Crippen molar-refractivity contribution in [3.63, 3.8) is 0 Å². The minimum absolute atomic E-state index is 0.435. The molecule has 0 spiro atoms. The van der Waals surface area contributed by atoms with Crippen molar-refractivity contribution in [3.8, 4) is 0 Å². The summed E-state index contributed by atoms with van der Waals surface area (Å²) < 4.78 is 11.2. The molecule has 3 nitrogen and oxygen atoms in total. The van der Waals surface area contributed by atoms with E-state index < -0.39 is 10.8 Å². The summed E-state index contributed by atoms with van der Waals surface area (Å²) in [6.45, 7) is 2.75. The third-order valence-electron chi connectivity index (χ3n) is 2.92. The Labute approximate surface area is 109 Å². The van der Waals surface area contributed by atoms with Gasteiger partial charge >= 0.3 is 0 Å². The molecule has 0 amide bonds. The molecule has 0 atom stereocenters. The number of hydrogen-bond acceptors (Lipinski definition) is 3. The fourth-order valence-corrected chi connectivity index (χ4v) is 3.13. The van der Waals surface area contributed by atoms with Gasteiger partial charge in [-0.1, -0.05) is 36.5 Å². The molecule has 1 heterocycles. The Morgan fingerprint density at radius 2 is 1.88 bits per heavy atom. The van der Waals surface area contributed by atoms with Gasteiger partial charge in [0.05, 0.1) is 0 Å². The molecule has 2 rings (SSSR count). The number of nitrogens with zero attached hydrogens (tertiary/aromatic N) is 1. The van der Waals surface area contributed by atoms with Crippen LogP contribution in [0.3, 0.4) is 0 Å². The van der Waals surface area contributed by atoms with Gasteiger partial charge in [-0.3, -0.25) is 9.11 Å². The fourth-order valence-electron chi connectivity index (χ4n) is 1.87. The second-order valence-corrected chi connectivity index (χ2v) is 6.32. The highest BCUT2D eigenvalue weighted by Crippen LogP contribution is 2.09. The van der Waals surface area contributed by atoms with Crippen molar-refractivity contribution in [1.29, 1.82) is 0 Å². The third-order valence-corrected chi connectivity index (χ3v) is 4.43. The average Bonchev–Trinajstić information content (AvgIpc) is 2.33. The first-order chi connectivity index (χ1) is 8.15. The molecular weight excluding hydrogens is 252 g/mol. The van der Waals surface area contributed by atoms with E-state index in [4.69, 9.17) is 18.0 Å². The van der Waals surface area contributed by atoms with Gasteiger partial charge in [-0.2, -0.15) is 0 Å². The van der Waals surface area contributed by atoms with Crippen LogP contribution in [0.25, 0.3) is 0 Å². The lowest BCUT2D eigenvalue weighted by molar-refractivity contribution is 0.291. The van der Waals surface area contributed by atoms with Crippen molar-refractivity contribution in [1.82, 2.24) is 4.90 Å². The average molecular weight is 268 g/mol. The van der Waals surface area contributed by atoms with Crippen LogP contribution in [-0.4, -0.2) is 38.7 Å². The van der Waals surface area contributed by atoms with E-state index in [1.807, 2.05) is 12.1 Å². The smallest absolute Gasteiger partial charge is 0.103 e. The molecule has 0 bridgehead atoms. The topological polar surface area (TPSA) is 46.3 Å². The first kappa shape index (κ1) is 12.7. The normalized spacial score (nSPS) is 18.1. The maximum absolute atomic E-state index is 11.2. The van der Waals surface area contributed by atoms with Crippen molar-refractivity contribution in [2.75, 3.05) is 24.6 Å². The number of rotatable bonds is 3. The van der Waals surface area contributed by atoms with Gasteiger partial charge in [-0.15, -0.1) is 0 Å². The van der Waals surface area contributed by atoms with Crippen molar-refractivity contribution < 1.29 is 4.21 Å². The van der Waals surface area contributed by atoms with Gasteiger partial charge < -0.3 is 5.73 Å². The lowest BCUT2D eigenvalue weighted by Gasteiger charge is -2.26. The predicted octanol–water partition coefficient (Wildman–Crippen LogP) is 0.885. The Morgan fingerprint density at radius 1 is 1.29 bits per heavy atom. The Hall–Kier alpha value is -0.780. The summed E-state index contributed by atoms with van der Waals surface area (Å²) in [7, 11) is -0.604. The number of nitrogens with two attached hydrogens (primary N) is 1.